The summed E-state index contributed by atoms with van der Waals surface area (Å²) in [4.78, 5) is 4.14. The molecule has 1 unspecified atom stereocenters. The lowest BCUT2D eigenvalue weighted by molar-refractivity contribution is -0.0405. The van der Waals surface area contributed by atoms with E-state index >= 15 is 0 Å². The molecule has 0 heterocycles. The van der Waals surface area contributed by atoms with E-state index in [4.69, 9.17) is 26.9 Å². The molecule has 0 bridgehead atoms. The second-order valence-electron chi connectivity index (χ2n) is 6.83. The van der Waals surface area contributed by atoms with Crippen LogP contribution < -0.4 is 10.5 Å². The van der Waals surface area contributed by atoms with Crippen molar-refractivity contribution in [2.24, 2.45) is 10.7 Å². The van der Waals surface area contributed by atoms with E-state index in [0.29, 0.717) is 12.2 Å². The summed E-state index contributed by atoms with van der Waals surface area (Å²) in [6, 6.07) is 11.2. The fourth-order valence-electron chi connectivity index (χ4n) is 2.74. The van der Waals surface area contributed by atoms with Crippen LogP contribution in [0.5, 0.6) is 5.75 Å². The number of halogens is 3. The Balaban J connectivity index is 2.05. The number of aliphatic imine (C=N–C) groups is 1. The molecule has 2 aromatic carbocycles. The van der Waals surface area contributed by atoms with Gasteiger partial charge in [0, 0.05) is 16.3 Å². The van der Waals surface area contributed by atoms with Crippen molar-refractivity contribution in [1.82, 2.24) is 0 Å². The highest BCUT2D eigenvalue weighted by Gasteiger charge is 2.33. The number of alkyl halides is 3. The molecular formula is C22H25F3N2O2S2. The summed E-state index contributed by atoms with van der Waals surface area (Å²) in [6.07, 6.45) is 0.351. The fourth-order valence-corrected chi connectivity index (χ4v) is 3.73. The van der Waals surface area contributed by atoms with Crippen molar-refractivity contribution >= 4 is 39.4 Å². The Labute approximate surface area is 188 Å². The number of benzene rings is 2. The molecule has 31 heavy (non-hydrogen) atoms. The summed E-state index contributed by atoms with van der Waals surface area (Å²) < 4.78 is 49.1. The summed E-state index contributed by atoms with van der Waals surface area (Å²) in [5.41, 5.74) is 5.98. The first-order valence-corrected chi connectivity index (χ1v) is 11.1. The first-order chi connectivity index (χ1) is 14.5. The lowest BCUT2D eigenvalue weighted by Crippen LogP contribution is -2.17. The number of thiocarbonyl (C=S) groups is 1. The van der Waals surface area contributed by atoms with E-state index in [-0.39, 0.29) is 17.6 Å². The van der Waals surface area contributed by atoms with E-state index in [1.807, 2.05) is 51.1 Å². The molecule has 4 nitrogen and oxygen atoms in total. The molecule has 0 spiro atoms. The molecule has 0 saturated heterocycles. The molecule has 0 aliphatic carbocycles. The Morgan fingerprint density at radius 1 is 1.13 bits per heavy atom. The van der Waals surface area contributed by atoms with Gasteiger partial charge in [0.15, 0.2) is 0 Å². The number of nitrogens with two attached hydrogens (primary N) is 1. The monoisotopic (exact) mass is 470 g/mol. The van der Waals surface area contributed by atoms with Crippen LogP contribution in [0.3, 0.4) is 0 Å². The molecule has 0 amide bonds. The van der Waals surface area contributed by atoms with Crippen molar-refractivity contribution in [3.63, 3.8) is 0 Å². The average molecular weight is 471 g/mol. The van der Waals surface area contributed by atoms with Gasteiger partial charge in [-0.25, -0.2) is 0 Å². The van der Waals surface area contributed by atoms with Crippen molar-refractivity contribution in [3.8, 4) is 5.75 Å². The summed E-state index contributed by atoms with van der Waals surface area (Å²) >= 11 is 5.20. The van der Waals surface area contributed by atoms with Gasteiger partial charge in [-0.05, 0) is 74.5 Å². The minimum atomic E-state index is -4.38. The van der Waals surface area contributed by atoms with Crippen molar-refractivity contribution < 1.29 is 22.1 Å². The highest BCUT2D eigenvalue weighted by Crippen LogP contribution is 2.37. The van der Waals surface area contributed by atoms with Gasteiger partial charge >= 0.3 is 5.51 Å². The molecule has 0 aromatic heterocycles. The number of rotatable bonds is 6. The summed E-state index contributed by atoms with van der Waals surface area (Å²) in [6.45, 7) is 6.96. The topological polar surface area (TPSA) is 56.8 Å². The van der Waals surface area contributed by atoms with Gasteiger partial charge in [0.05, 0.1) is 6.61 Å². The minimum Gasteiger partial charge on any atom is -0.430 e. The van der Waals surface area contributed by atoms with Crippen LogP contribution in [0.25, 0.3) is 0 Å². The highest BCUT2D eigenvalue weighted by atomic mass is 32.2. The Kier molecular flexibility index (Phi) is 8.79. The number of nitrogens with zero attached hydrogens (tertiary/aromatic N) is 1. The predicted octanol–water partition coefficient (Wildman–Crippen LogP) is 5.77. The van der Waals surface area contributed by atoms with E-state index in [2.05, 4.69) is 4.99 Å². The molecular weight excluding hydrogens is 445 g/mol. The zero-order chi connectivity index (χ0) is 23.2. The molecule has 2 rings (SSSR count). The number of ether oxygens (including phenoxy) is 1. The normalized spacial score (nSPS) is 13.3. The second-order valence-corrected chi connectivity index (χ2v) is 8.94. The lowest BCUT2D eigenvalue weighted by atomic mass is 10.0. The second kappa shape index (κ2) is 10.9. The third kappa shape index (κ3) is 7.45. The molecule has 1 atom stereocenters. The van der Waals surface area contributed by atoms with Gasteiger partial charge in [-0.15, -0.1) is 0 Å². The van der Waals surface area contributed by atoms with Gasteiger partial charge in [0.25, 0.3) is 5.17 Å². The van der Waals surface area contributed by atoms with Crippen LogP contribution in [0.15, 0.2) is 41.4 Å². The molecule has 2 aromatic rings. The van der Waals surface area contributed by atoms with Crippen LogP contribution in [0.4, 0.5) is 13.2 Å². The largest absolute Gasteiger partial charge is 0.460 e. The van der Waals surface area contributed by atoms with Crippen LogP contribution in [0.2, 0.25) is 0 Å². The van der Waals surface area contributed by atoms with Crippen LogP contribution in [0.1, 0.15) is 34.7 Å². The number of amidine groups is 1. The molecule has 2 N–H and O–H groups in total. The van der Waals surface area contributed by atoms with E-state index < -0.39 is 16.3 Å². The first kappa shape index (κ1) is 25.0. The Morgan fingerprint density at radius 2 is 1.77 bits per heavy atom. The van der Waals surface area contributed by atoms with E-state index in [1.54, 1.807) is 6.07 Å². The van der Waals surface area contributed by atoms with Crippen LogP contribution in [-0.4, -0.2) is 28.5 Å². The number of hydrogen-bond acceptors (Lipinski definition) is 3. The zero-order valence-electron chi connectivity index (χ0n) is 17.7. The van der Waals surface area contributed by atoms with Crippen molar-refractivity contribution in [3.05, 3.63) is 64.2 Å². The van der Waals surface area contributed by atoms with Crippen molar-refractivity contribution in [2.75, 3.05) is 6.61 Å². The first-order valence-electron chi connectivity index (χ1n) is 9.47. The van der Waals surface area contributed by atoms with Crippen molar-refractivity contribution in [2.45, 2.75) is 39.6 Å². The van der Waals surface area contributed by atoms with Gasteiger partial charge in [-0.2, -0.15) is 18.2 Å². The molecule has 168 valence electrons. The van der Waals surface area contributed by atoms with Gasteiger partial charge in [-0.3, -0.25) is 0 Å². The van der Waals surface area contributed by atoms with Gasteiger partial charge in [0.2, 0.25) is 0 Å². The fraction of sp³-hybridized carbons (Fsp3) is 0.318. The van der Waals surface area contributed by atoms with Gasteiger partial charge < -0.3 is 14.7 Å². The maximum absolute atomic E-state index is 12.8. The maximum Gasteiger partial charge on any atom is 0.460 e. The SMILES string of the molecule is C/C=S(\OCCc1cc(C)c(OC(=S)N=C(N)c2ccc(C)cc2)cc1C)C(F)(F)F. The van der Waals surface area contributed by atoms with E-state index in [9.17, 15) is 13.2 Å². The summed E-state index contributed by atoms with van der Waals surface area (Å²) in [7, 11) is -2.16. The van der Waals surface area contributed by atoms with Crippen LogP contribution in [-0.2, 0) is 10.6 Å². The van der Waals surface area contributed by atoms with Crippen LogP contribution in [0, 0.1) is 20.8 Å². The molecule has 9 heteroatoms. The Morgan fingerprint density at radius 3 is 2.35 bits per heavy atom. The Hall–Kier alpha value is -2.23. The highest BCUT2D eigenvalue weighted by molar-refractivity contribution is 8.11. The minimum absolute atomic E-state index is 0.0237. The molecule has 0 aliphatic rings. The van der Waals surface area contributed by atoms with E-state index in [0.717, 1.165) is 33.2 Å². The average Bonchev–Trinajstić information content (AvgIpc) is 2.68. The zero-order valence-corrected chi connectivity index (χ0v) is 19.4. The molecule has 0 aliphatic heterocycles. The summed E-state index contributed by atoms with van der Waals surface area (Å²) in [5, 5.41) is 1.00. The molecule has 0 fully saturated rings. The lowest BCUT2D eigenvalue weighted by Gasteiger charge is -2.15. The maximum atomic E-state index is 12.8. The van der Waals surface area contributed by atoms with Gasteiger partial charge in [-0.1, -0.05) is 35.9 Å². The van der Waals surface area contributed by atoms with Crippen molar-refractivity contribution in [1.29, 1.82) is 0 Å². The smallest absolute Gasteiger partial charge is 0.430 e. The molecule has 0 saturated carbocycles. The van der Waals surface area contributed by atoms with Gasteiger partial charge in [0.1, 0.15) is 11.6 Å². The van der Waals surface area contributed by atoms with E-state index in [1.165, 1.54) is 6.92 Å². The number of hydrogen-bond donors (Lipinski definition) is 1. The Bertz CT molecular complexity index is 1000. The third-order valence-electron chi connectivity index (χ3n) is 4.41. The quantitative estimate of drug-likeness (QED) is 0.331. The number of aryl methyl sites for hydroxylation is 3. The van der Waals surface area contributed by atoms with Crippen LogP contribution >= 0.6 is 23.0 Å². The molecule has 0 radical (unpaired) electrons. The standard InChI is InChI=1S/C22H25F3N2O2S2/c1-5-31(22(23,24)25)28-11-10-18-12-16(4)19(13-15(18)3)29-21(30)27-20(26)17-8-6-14(2)7-9-17/h5-9,12-13H,10-11H2,1-4H3,(H2,26,27,30). The predicted molar refractivity (Wildman–Crippen MR) is 126 cm³/mol. The summed E-state index contributed by atoms with van der Waals surface area (Å²) in [5.74, 6) is 0.769. The third-order valence-corrected chi connectivity index (χ3v) is 5.89.